The van der Waals surface area contributed by atoms with Crippen molar-refractivity contribution >= 4 is 5.97 Å². The lowest BCUT2D eigenvalue weighted by Gasteiger charge is -2.35. The molecule has 27 heavy (non-hydrogen) atoms. The van der Waals surface area contributed by atoms with Gasteiger partial charge in [-0.3, -0.25) is 14.5 Å². The molecule has 0 fully saturated rings. The standard InChI is InChI=1S/C21H28N4O2/c1-16(13-23-11-8-17-6-3-4-7-18(17)14-23)24-9-5-10-25-19(15-24)12-20(22-25)21(26)27-2/h3-4,6-7,12,16H,5,8-11,13-15H2,1-2H3/t16-/m0/s1. The van der Waals surface area contributed by atoms with E-state index in [4.69, 9.17) is 4.74 Å². The van der Waals surface area contributed by atoms with E-state index in [2.05, 4.69) is 46.1 Å². The van der Waals surface area contributed by atoms with Gasteiger partial charge in [-0.1, -0.05) is 24.3 Å². The molecule has 0 N–H and O–H groups in total. The lowest BCUT2D eigenvalue weighted by molar-refractivity contribution is 0.0593. The van der Waals surface area contributed by atoms with Crippen molar-refractivity contribution in [2.75, 3.05) is 26.7 Å². The molecule has 0 saturated carbocycles. The summed E-state index contributed by atoms with van der Waals surface area (Å²) in [6.45, 7) is 8.28. The van der Waals surface area contributed by atoms with Crippen LogP contribution in [0.3, 0.4) is 0 Å². The van der Waals surface area contributed by atoms with Crippen molar-refractivity contribution in [2.45, 2.75) is 45.4 Å². The number of aromatic nitrogens is 2. The molecule has 0 bridgehead atoms. The van der Waals surface area contributed by atoms with Crippen molar-refractivity contribution in [3.63, 3.8) is 0 Å². The first kappa shape index (κ1) is 18.2. The van der Waals surface area contributed by atoms with Crippen LogP contribution in [0.5, 0.6) is 0 Å². The minimum atomic E-state index is -0.359. The second kappa shape index (κ2) is 7.82. The highest BCUT2D eigenvalue weighted by atomic mass is 16.5. The van der Waals surface area contributed by atoms with Gasteiger partial charge in [0, 0.05) is 45.3 Å². The SMILES string of the molecule is COC(=O)c1cc2n(n1)CCCN([C@@H](C)CN1CCc3ccccc3C1)C2. The van der Waals surface area contributed by atoms with E-state index in [-0.39, 0.29) is 5.97 Å². The van der Waals surface area contributed by atoms with Crippen molar-refractivity contribution in [3.8, 4) is 0 Å². The number of hydrogen-bond donors (Lipinski definition) is 0. The van der Waals surface area contributed by atoms with Crippen molar-refractivity contribution in [1.82, 2.24) is 19.6 Å². The zero-order valence-electron chi connectivity index (χ0n) is 16.2. The van der Waals surface area contributed by atoms with Crippen LogP contribution in [-0.4, -0.2) is 58.3 Å². The van der Waals surface area contributed by atoms with Gasteiger partial charge in [-0.2, -0.15) is 5.10 Å². The van der Waals surface area contributed by atoms with Crippen LogP contribution >= 0.6 is 0 Å². The van der Waals surface area contributed by atoms with Gasteiger partial charge in [0.05, 0.1) is 12.8 Å². The fraction of sp³-hybridized carbons (Fsp3) is 0.524. The maximum atomic E-state index is 11.8. The number of hydrogen-bond acceptors (Lipinski definition) is 5. The zero-order chi connectivity index (χ0) is 18.8. The molecule has 0 aliphatic carbocycles. The number of esters is 1. The molecule has 0 unspecified atom stereocenters. The smallest absolute Gasteiger partial charge is 0.358 e. The number of fused-ring (bicyclic) bond motifs is 2. The van der Waals surface area contributed by atoms with Gasteiger partial charge in [-0.15, -0.1) is 0 Å². The minimum Gasteiger partial charge on any atom is -0.464 e. The molecule has 0 amide bonds. The van der Waals surface area contributed by atoms with E-state index in [1.165, 1.54) is 18.2 Å². The number of aryl methyl sites for hydroxylation is 1. The summed E-state index contributed by atoms with van der Waals surface area (Å²) in [5.41, 5.74) is 4.47. The second-order valence-electron chi connectivity index (χ2n) is 7.66. The van der Waals surface area contributed by atoms with Gasteiger partial charge in [-0.25, -0.2) is 4.79 Å². The Balaban J connectivity index is 1.41. The van der Waals surface area contributed by atoms with Crippen LogP contribution in [0.4, 0.5) is 0 Å². The predicted molar refractivity (Wildman–Crippen MR) is 103 cm³/mol. The van der Waals surface area contributed by atoms with Crippen molar-refractivity contribution in [3.05, 3.63) is 52.8 Å². The van der Waals surface area contributed by atoms with Gasteiger partial charge < -0.3 is 4.74 Å². The molecule has 0 radical (unpaired) electrons. The molecule has 6 heteroatoms. The van der Waals surface area contributed by atoms with E-state index in [9.17, 15) is 4.79 Å². The molecule has 1 aromatic heterocycles. The second-order valence-corrected chi connectivity index (χ2v) is 7.66. The molecule has 4 rings (SSSR count). The molecular weight excluding hydrogens is 340 g/mol. The largest absolute Gasteiger partial charge is 0.464 e. The van der Waals surface area contributed by atoms with E-state index >= 15 is 0 Å². The highest BCUT2D eigenvalue weighted by molar-refractivity contribution is 5.87. The molecule has 1 atom stereocenters. The van der Waals surface area contributed by atoms with Gasteiger partial charge in [0.15, 0.2) is 5.69 Å². The van der Waals surface area contributed by atoms with E-state index in [0.717, 1.165) is 57.8 Å². The first-order chi connectivity index (χ1) is 13.1. The molecule has 2 aromatic rings. The summed E-state index contributed by atoms with van der Waals surface area (Å²) in [6, 6.07) is 11.1. The van der Waals surface area contributed by atoms with Gasteiger partial charge >= 0.3 is 5.97 Å². The molecule has 3 heterocycles. The third-order valence-corrected chi connectivity index (χ3v) is 5.79. The molecule has 2 aliphatic rings. The third-order valence-electron chi connectivity index (χ3n) is 5.79. The molecular formula is C21H28N4O2. The summed E-state index contributed by atoms with van der Waals surface area (Å²) < 4.78 is 6.78. The normalized spacial score (nSPS) is 19.0. The van der Waals surface area contributed by atoms with Gasteiger partial charge in [-0.05, 0) is 37.0 Å². The summed E-state index contributed by atoms with van der Waals surface area (Å²) in [5, 5.41) is 4.42. The summed E-state index contributed by atoms with van der Waals surface area (Å²) in [5.74, 6) is -0.359. The maximum Gasteiger partial charge on any atom is 0.358 e. The van der Waals surface area contributed by atoms with Crippen LogP contribution in [0.1, 0.15) is 40.7 Å². The Labute approximate surface area is 160 Å². The number of rotatable bonds is 4. The minimum absolute atomic E-state index is 0.359. The van der Waals surface area contributed by atoms with E-state index in [1.54, 1.807) is 0 Å². The predicted octanol–water partition coefficient (Wildman–Crippen LogP) is 2.32. The third kappa shape index (κ3) is 3.92. The van der Waals surface area contributed by atoms with Crippen molar-refractivity contribution < 1.29 is 9.53 Å². The van der Waals surface area contributed by atoms with Crippen LogP contribution in [0.15, 0.2) is 30.3 Å². The Bertz CT molecular complexity index is 816. The Morgan fingerprint density at radius 3 is 2.81 bits per heavy atom. The summed E-state index contributed by atoms with van der Waals surface area (Å²) >= 11 is 0. The quantitative estimate of drug-likeness (QED) is 0.776. The number of nitrogens with zero attached hydrogens (tertiary/aromatic N) is 4. The van der Waals surface area contributed by atoms with Gasteiger partial charge in [0.1, 0.15) is 0 Å². The van der Waals surface area contributed by atoms with Crippen LogP contribution in [0, 0.1) is 0 Å². The van der Waals surface area contributed by atoms with Crippen LogP contribution < -0.4 is 0 Å². The Hall–Kier alpha value is -2.18. The number of benzene rings is 1. The Morgan fingerprint density at radius 2 is 2.00 bits per heavy atom. The number of carbonyl (C=O) groups excluding carboxylic acids is 1. The lowest BCUT2D eigenvalue weighted by atomic mass is 9.99. The fourth-order valence-electron chi connectivity index (χ4n) is 4.27. The summed E-state index contributed by atoms with van der Waals surface area (Å²) in [7, 11) is 1.40. The summed E-state index contributed by atoms with van der Waals surface area (Å²) in [6.07, 6.45) is 2.18. The van der Waals surface area contributed by atoms with Crippen LogP contribution in [0.2, 0.25) is 0 Å². The molecule has 0 saturated heterocycles. The van der Waals surface area contributed by atoms with Gasteiger partial charge in [0.2, 0.25) is 0 Å². The molecule has 2 aliphatic heterocycles. The first-order valence-electron chi connectivity index (χ1n) is 9.82. The van der Waals surface area contributed by atoms with Crippen molar-refractivity contribution in [2.24, 2.45) is 0 Å². The maximum absolute atomic E-state index is 11.8. The fourth-order valence-corrected chi connectivity index (χ4v) is 4.27. The molecule has 0 spiro atoms. The number of ether oxygens (including phenoxy) is 1. The van der Waals surface area contributed by atoms with E-state index in [0.29, 0.717) is 11.7 Å². The lowest BCUT2D eigenvalue weighted by Crippen LogP contribution is -2.43. The zero-order valence-corrected chi connectivity index (χ0v) is 16.2. The average Bonchev–Trinajstić information content (AvgIpc) is 2.98. The monoisotopic (exact) mass is 368 g/mol. The van der Waals surface area contributed by atoms with Crippen LogP contribution in [0.25, 0.3) is 0 Å². The number of carbonyl (C=O) groups is 1. The topological polar surface area (TPSA) is 50.6 Å². The van der Waals surface area contributed by atoms with E-state index in [1.807, 2.05) is 10.7 Å². The highest BCUT2D eigenvalue weighted by Crippen LogP contribution is 2.21. The first-order valence-corrected chi connectivity index (χ1v) is 9.82. The highest BCUT2D eigenvalue weighted by Gasteiger charge is 2.25. The molecule has 6 nitrogen and oxygen atoms in total. The number of methoxy groups -OCH3 is 1. The molecule has 1 aromatic carbocycles. The summed E-state index contributed by atoms with van der Waals surface area (Å²) in [4.78, 5) is 16.9. The van der Waals surface area contributed by atoms with Crippen LogP contribution in [-0.2, 0) is 30.8 Å². The van der Waals surface area contributed by atoms with Gasteiger partial charge in [0.25, 0.3) is 0 Å². The van der Waals surface area contributed by atoms with E-state index < -0.39 is 0 Å². The average molecular weight is 368 g/mol. The molecule has 144 valence electrons. The Morgan fingerprint density at radius 1 is 1.19 bits per heavy atom. The Kier molecular flexibility index (Phi) is 5.27. The van der Waals surface area contributed by atoms with Crippen molar-refractivity contribution in [1.29, 1.82) is 0 Å².